The van der Waals surface area contributed by atoms with Crippen molar-refractivity contribution in [1.29, 1.82) is 0 Å². The second-order valence-corrected chi connectivity index (χ2v) is 9.59. The minimum Gasteiger partial charge on any atom is -0.494 e. The third-order valence-corrected chi connectivity index (χ3v) is 6.97. The highest BCUT2D eigenvalue weighted by Crippen LogP contribution is 2.26. The van der Waals surface area contributed by atoms with Crippen LogP contribution in [0.2, 0.25) is 0 Å². The van der Waals surface area contributed by atoms with Crippen LogP contribution in [-0.2, 0) is 0 Å². The van der Waals surface area contributed by atoms with Gasteiger partial charge in [0.1, 0.15) is 11.6 Å². The van der Waals surface area contributed by atoms with Gasteiger partial charge in [-0.2, -0.15) is 0 Å². The van der Waals surface area contributed by atoms with Gasteiger partial charge in [-0.3, -0.25) is 4.79 Å². The van der Waals surface area contributed by atoms with Gasteiger partial charge in [-0.15, -0.1) is 0 Å². The summed E-state index contributed by atoms with van der Waals surface area (Å²) < 4.78 is 6.02. The fourth-order valence-electron chi connectivity index (χ4n) is 4.60. The predicted molar refractivity (Wildman–Crippen MR) is 134 cm³/mol. The van der Waals surface area contributed by atoms with Crippen molar-refractivity contribution in [2.45, 2.75) is 58.9 Å². The summed E-state index contributed by atoms with van der Waals surface area (Å²) in [5.74, 6) is 2.65. The molecule has 1 fully saturated rings. The van der Waals surface area contributed by atoms with E-state index in [-0.39, 0.29) is 18.6 Å². The number of piperidine rings is 1. The monoisotopic (exact) mass is 475 g/mol. The van der Waals surface area contributed by atoms with Gasteiger partial charge in [-0.25, -0.2) is 0 Å². The Morgan fingerprint density at radius 1 is 1.21 bits per heavy atom. The van der Waals surface area contributed by atoms with Gasteiger partial charge in [-0.1, -0.05) is 11.6 Å². The first-order chi connectivity index (χ1) is 15.9. The molecule has 33 heavy (non-hydrogen) atoms. The highest BCUT2D eigenvalue weighted by molar-refractivity contribution is 6.30. The number of carbonyl (C=O) groups excluding carboxylic acids is 1. The van der Waals surface area contributed by atoms with E-state index in [4.69, 9.17) is 21.4 Å². The van der Waals surface area contributed by atoms with Crippen LogP contribution in [-0.4, -0.2) is 54.8 Å². The van der Waals surface area contributed by atoms with Gasteiger partial charge in [0.15, 0.2) is 0 Å². The molecule has 3 rings (SSSR count). The van der Waals surface area contributed by atoms with Gasteiger partial charge < -0.3 is 25.4 Å². The summed E-state index contributed by atoms with van der Waals surface area (Å²) >= 11 is 6.17. The van der Waals surface area contributed by atoms with Gasteiger partial charge >= 0.3 is 0 Å². The molecule has 6 nitrogen and oxygen atoms in total. The summed E-state index contributed by atoms with van der Waals surface area (Å²) in [5, 5.41) is 16.1. The Kier molecular flexibility index (Phi) is 9.51. The SMILES string of the molecule is Cc1cc(OCCCC2CCN(C3=CC=C(Cl)C(C)N3)CC2)cc(C)c1C(=O)NCCCO. The fraction of sp³-hybridized carbons (Fsp3) is 0.577. The summed E-state index contributed by atoms with van der Waals surface area (Å²) in [7, 11) is 0. The van der Waals surface area contributed by atoms with Gasteiger partial charge in [0.25, 0.3) is 5.91 Å². The second kappa shape index (κ2) is 12.3. The Hall–Kier alpha value is -2.18. The molecule has 0 spiro atoms. The Bertz CT molecular complexity index is 853. The molecular weight excluding hydrogens is 438 g/mol. The Labute approximate surface area is 203 Å². The number of allylic oxidation sites excluding steroid dienone is 2. The maximum absolute atomic E-state index is 12.4. The van der Waals surface area contributed by atoms with Crippen molar-refractivity contribution in [3.8, 4) is 5.75 Å². The molecule has 2 aliphatic rings. The summed E-state index contributed by atoms with van der Waals surface area (Å²) in [6, 6.07) is 4.07. The van der Waals surface area contributed by atoms with Crippen LogP contribution in [0.1, 0.15) is 60.5 Å². The van der Waals surface area contributed by atoms with Gasteiger partial charge in [0, 0.05) is 36.8 Å². The van der Waals surface area contributed by atoms with E-state index in [9.17, 15) is 4.79 Å². The second-order valence-electron chi connectivity index (χ2n) is 9.16. The lowest BCUT2D eigenvalue weighted by atomic mass is 9.92. The number of halogens is 1. The van der Waals surface area contributed by atoms with E-state index in [1.54, 1.807) is 0 Å². The van der Waals surface area contributed by atoms with Gasteiger partial charge in [-0.05, 0) is 94.2 Å². The topological polar surface area (TPSA) is 73.8 Å². The minimum absolute atomic E-state index is 0.0750. The molecule has 1 aromatic carbocycles. The van der Waals surface area contributed by atoms with E-state index in [1.165, 1.54) is 25.1 Å². The van der Waals surface area contributed by atoms with Crippen LogP contribution < -0.4 is 15.4 Å². The number of aliphatic hydroxyl groups excluding tert-OH is 1. The third kappa shape index (κ3) is 7.15. The zero-order valence-corrected chi connectivity index (χ0v) is 20.9. The highest BCUT2D eigenvalue weighted by Gasteiger charge is 2.23. The molecule has 0 aromatic heterocycles. The van der Waals surface area contributed by atoms with E-state index in [1.807, 2.05) is 32.1 Å². The smallest absolute Gasteiger partial charge is 0.251 e. The quantitative estimate of drug-likeness (QED) is 0.441. The highest BCUT2D eigenvalue weighted by atomic mass is 35.5. The maximum atomic E-state index is 12.4. The van der Waals surface area contributed by atoms with Crippen molar-refractivity contribution in [3.63, 3.8) is 0 Å². The average Bonchev–Trinajstić information content (AvgIpc) is 2.79. The predicted octanol–water partition coefficient (Wildman–Crippen LogP) is 4.24. The molecule has 3 N–H and O–H groups in total. The Balaban J connectivity index is 1.39. The standard InChI is InChI=1S/C26H38ClN3O3/c1-18-16-22(17-19(2)25(18)26(32)28-11-5-14-31)33-15-4-6-21-9-12-30(13-10-21)24-8-7-23(27)20(3)29-24/h7-8,16-17,20-21,29,31H,4-6,9-15H2,1-3H3,(H,28,32). The van der Waals surface area contributed by atoms with Crippen molar-refractivity contribution in [2.75, 3.05) is 32.8 Å². The van der Waals surface area contributed by atoms with E-state index in [2.05, 4.69) is 28.5 Å². The number of carbonyl (C=O) groups is 1. The van der Waals surface area contributed by atoms with E-state index < -0.39 is 0 Å². The number of nitrogens with one attached hydrogen (secondary N) is 2. The summed E-state index contributed by atoms with van der Waals surface area (Å²) in [4.78, 5) is 14.8. The van der Waals surface area contributed by atoms with Crippen LogP contribution in [0.5, 0.6) is 5.75 Å². The lowest BCUT2D eigenvalue weighted by molar-refractivity contribution is 0.0950. The first-order valence-electron chi connectivity index (χ1n) is 12.1. The number of aliphatic hydroxyl groups is 1. The molecule has 182 valence electrons. The maximum Gasteiger partial charge on any atom is 0.251 e. The van der Waals surface area contributed by atoms with Crippen molar-refractivity contribution >= 4 is 17.5 Å². The van der Waals surface area contributed by atoms with Crippen LogP contribution in [0.15, 0.2) is 35.1 Å². The van der Waals surface area contributed by atoms with Gasteiger partial charge in [0.05, 0.1) is 12.6 Å². The number of hydrogen-bond acceptors (Lipinski definition) is 5. The zero-order valence-electron chi connectivity index (χ0n) is 20.1. The number of aryl methyl sites for hydroxylation is 2. The lowest BCUT2D eigenvalue weighted by Gasteiger charge is -2.37. The van der Waals surface area contributed by atoms with Crippen LogP contribution in [0.25, 0.3) is 0 Å². The number of benzene rings is 1. The lowest BCUT2D eigenvalue weighted by Crippen LogP contribution is -2.42. The molecular formula is C26H38ClN3O3. The number of nitrogens with zero attached hydrogens (tertiary/aromatic N) is 1. The number of amides is 1. The summed E-state index contributed by atoms with van der Waals surface area (Å²) in [6.45, 7) is 9.35. The van der Waals surface area contributed by atoms with Crippen molar-refractivity contribution in [1.82, 2.24) is 15.5 Å². The molecule has 1 saturated heterocycles. The minimum atomic E-state index is -0.0934. The fourth-order valence-corrected chi connectivity index (χ4v) is 4.72. The van der Waals surface area contributed by atoms with Crippen molar-refractivity contribution < 1.29 is 14.6 Å². The molecule has 0 aliphatic carbocycles. The molecule has 2 heterocycles. The summed E-state index contributed by atoms with van der Waals surface area (Å²) in [5.41, 5.74) is 2.52. The first kappa shape index (κ1) is 25.4. The normalized spacial score (nSPS) is 18.9. The number of hydrogen-bond donors (Lipinski definition) is 3. The zero-order chi connectivity index (χ0) is 23.8. The number of ether oxygens (including phenoxy) is 1. The van der Waals surface area contributed by atoms with Crippen LogP contribution in [0.3, 0.4) is 0 Å². The molecule has 2 aliphatic heterocycles. The molecule has 1 aromatic rings. The number of likely N-dealkylation sites (tertiary alicyclic amines) is 1. The Morgan fingerprint density at radius 2 is 1.91 bits per heavy atom. The van der Waals surface area contributed by atoms with Crippen LogP contribution in [0.4, 0.5) is 0 Å². The van der Waals surface area contributed by atoms with Gasteiger partial charge in [0.2, 0.25) is 0 Å². The third-order valence-electron chi connectivity index (χ3n) is 6.51. The average molecular weight is 476 g/mol. The number of dihydropyridines is 1. The molecule has 1 amide bonds. The van der Waals surface area contributed by atoms with Crippen molar-refractivity contribution in [3.05, 3.63) is 51.8 Å². The van der Waals surface area contributed by atoms with Crippen LogP contribution in [0, 0.1) is 19.8 Å². The molecule has 7 heteroatoms. The Morgan fingerprint density at radius 3 is 2.55 bits per heavy atom. The largest absolute Gasteiger partial charge is 0.494 e. The number of rotatable bonds is 10. The molecule has 0 saturated carbocycles. The van der Waals surface area contributed by atoms with E-state index in [0.717, 1.165) is 47.3 Å². The first-order valence-corrected chi connectivity index (χ1v) is 12.5. The molecule has 0 radical (unpaired) electrons. The van der Waals surface area contributed by atoms with E-state index >= 15 is 0 Å². The molecule has 0 bridgehead atoms. The molecule has 1 unspecified atom stereocenters. The molecule has 1 atom stereocenters. The van der Waals surface area contributed by atoms with E-state index in [0.29, 0.717) is 25.1 Å². The van der Waals surface area contributed by atoms with Crippen molar-refractivity contribution in [2.24, 2.45) is 5.92 Å². The summed E-state index contributed by atoms with van der Waals surface area (Å²) in [6.07, 6.45) is 9.25. The van der Waals surface area contributed by atoms with Crippen LogP contribution >= 0.6 is 11.6 Å².